The first-order valence-electron chi connectivity index (χ1n) is 4.46. The molecule has 0 fully saturated rings. The van der Waals surface area contributed by atoms with Gasteiger partial charge in [-0.15, -0.1) is 13.2 Å². The fraction of sp³-hybridized carbons (Fsp3) is 0.333. The van der Waals surface area contributed by atoms with Crippen molar-refractivity contribution in [2.24, 2.45) is 0 Å². The van der Waals surface area contributed by atoms with Crippen molar-refractivity contribution in [3.8, 4) is 5.88 Å². The number of ether oxygens (including phenoxy) is 1. The molecule has 0 saturated carbocycles. The van der Waals surface area contributed by atoms with Crippen LogP contribution < -0.4 is 4.74 Å². The fourth-order valence-electron chi connectivity index (χ4n) is 1.27. The average Bonchev–Trinajstić information content (AvgIpc) is 2.24. The Morgan fingerprint density at radius 3 is 2.21 bits per heavy atom. The summed E-state index contributed by atoms with van der Waals surface area (Å²) in [7, 11) is 0. The van der Waals surface area contributed by atoms with Gasteiger partial charge in [0.2, 0.25) is 5.88 Å². The lowest BCUT2D eigenvalue weighted by atomic mass is 10.1. The molecule has 1 aromatic rings. The van der Waals surface area contributed by atoms with Gasteiger partial charge in [0.05, 0.1) is 0 Å². The molecule has 0 bridgehead atoms. The number of rotatable bonds is 3. The Morgan fingerprint density at radius 1 is 1.26 bits per heavy atom. The lowest BCUT2D eigenvalue weighted by Gasteiger charge is -2.17. The van der Waals surface area contributed by atoms with Crippen molar-refractivity contribution < 1.29 is 35.9 Å². The number of aldehydes is 1. The molecule has 1 rings (SSSR count). The van der Waals surface area contributed by atoms with Gasteiger partial charge in [-0.05, 0) is 5.56 Å². The molecule has 0 atom stereocenters. The zero-order chi connectivity index (χ0) is 14.8. The van der Waals surface area contributed by atoms with E-state index in [0.717, 1.165) is 0 Å². The summed E-state index contributed by atoms with van der Waals surface area (Å²) in [4.78, 5) is 13.5. The second kappa shape index (κ2) is 5.35. The van der Waals surface area contributed by atoms with Crippen LogP contribution in [0.3, 0.4) is 0 Å². The fourth-order valence-corrected chi connectivity index (χ4v) is 1.87. The van der Waals surface area contributed by atoms with E-state index in [-0.39, 0.29) is 6.29 Å². The molecule has 106 valence electrons. The zero-order valence-corrected chi connectivity index (χ0v) is 10.4. The second-order valence-electron chi connectivity index (χ2n) is 3.17. The van der Waals surface area contributed by atoms with E-state index in [1.54, 1.807) is 0 Å². The molecule has 0 unspecified atom stereocenters. The molecular formula is C9H4BrF6NO2. The molecule has 10 heteroatoms. The summed E-state index contributed by atoms with van der Waals surface area (Å²) in [6.45, 7) is 0. The van der Waals surface area contributed by atoms with Gasteiger partial charge in [-0.1, -0.05) is 15.9 Å². The average molecular weight is 352 g/mol. The summed E-state index contributed by atoms with van der Waals surface area (Å²) in [5.74, 6) is -1.64. The number of aromatic nitrogens is 1. The summed E-state index contributed by atoms with van der Waals surface area (Å²) in [5.41, 5.74) is -2.87. The number of pyridine rings is 1. The monoisotopic (exact) mass is 351 g/mol. The number of halogens is 7. The van der Waals surface area contributed by atoms with Crippen LogP contribution >= 0.6 is 15.9 Å². The van der Waals surface area contributed by atoms with Crippen molar-refractivity contribution in [1.29, 1.82) is 0 Å². The molecule has 0 spiro atoms. The Morgan fingerprint density at radius 2 is 1.84 bits per heavy atom. The Balaban J connectivity index is 3.52. The number of alkyl halides is 7. The molecular weight excluding hydrogens is 348 g/mol. The number of hydrogen-bond acceptors (Lipinski definition) is 3. The number of carbonyl (C=O) groups excluding carboxylic acids is 1. The van der Waals surface area contributed by atoms with Crippen molar-refractivity contribution in [1.82, 2.24) is 4.98 Å². The largest absolute Gasteiger partial charge is 0.574 e. The van der Waals surface area contributed by atoms with E-state index in [0.29, 0.717) is 6.20 Å². The van der Waals surface area contributed by atoms with Gasteiger partial charge < -0.3 is 4.74 Å². The molecule has 0 saturated heterocycles. The first kappa shape index (κ1) is 15.7. The van der Waals surface area contributed by atoms with Gasteiger partial charge in [0.25, 0.3) is 0 Å². The number of carbonyl (C=O) groups is 1. The number of nitrogens with zero attached hydrogens (tertiary/aromatic N) is 1. The van der Waals surface area contributed by atoms with E-state index in [4.69, 9.17) is 0 Å². The van der Waals surface area contributed by atoms with Crippen LogP contribution in [0.5, 0.6) is 5.88 Å². The molecule has 19 heavy (non-hydrogen) atoms. The normalized spacial score (nSPS) is 12.4. The molecule has 3 nitrogen and oxygen atoms in total. The highest BCUT2D eigenvalue weighted by Gasteiger charge is 2.42. The first-order valence-corrected chi connectivity index (χ1v) is 5.58. The predicted octanol–water partition coefficient (Wildman–Crippen LogP) is 3.71. The van der Waals surface area contributed by atoms with Crippen molar-refractivity contribution in [3.05, 3.63) is 22.9 Å². The quantitative estimate of drug-likeness (QED) is 0.473. The van der Waals surface area contributed by atoms with Crippen LogP contribution in [0.1, 0.15) is 21.5 Å². The maximum Gasteiger partial charge on any atom is 0.574 e. The van der Waals surface area contributed by atoms with E-state index >= 15 is 0 Å². The van der Waals surface area contributed by atoms with Crippen LogP contribution in [-0.2, 0) is 11.5 Å². The van der Waals surface area contributed by atoms with E-state index in [9.17, 15) is 31.1 Å². The molecule has 0 aliphatic carbocycles. The molecule has 0 aliphatic heterocycles. The third kappa shape index (κ3) is 3.82. The van der Waals surface area contributed by atoms with Gasteiger partial charge in [0.1, 0.15) is 5.56 Å². The first-order chi connectivity index (χ1) is 8.60. The Kier molecular flexibility index (Phi) is 4.43. The molecule has 1 heterocycles. The molecule has 0 N–H and O–H groups in total. The molecule has 0 amide bonds. The molecule has 0 aliphatic rings. The Bertz CT molecular complexity index is 485. The molecule has 0 aromatic carbocycles. The van der Waals surface area contributed by atoms with Gasteiger partial charge in [-0.25, -0.2) is 4.98 Å². The van der Waals surface area contributed by atoms with Gasteiger partial charge in [-0.3, -0.25) is 4.79 Å². The zero-order valence-electron chi connectivity index (χ0n) is 8.77. The molecule has 0 radical (unpaired) electrons. The van der Waals surface area contributed by atoms with Crippen LogP contribution in [0.2, 0.25) is 0 Å². The highest BCUT2D eigenvalue weighted by Crippen LogP contribution is 2.40. The summed E-state index contributed by atoms with van der Waals surface area (Å²) in [6, 6.07) is 0. The third-order valence-corrected chi connectivity index (χ3v) is 2.50. The van der Waals surface area contributed by atoms with Crippen molar-refractivity contribution in [2.45, 2.75) is 17.9 Å². The van der Waals surface area contributed by atoms with Crippen molar-refractivity contribution in [3.63, 3.8) is 0 Å². The Labute approximate surface area is 110 Å². The van der Waals surface area contributed by atoms with Crippen LogP contribution in [0.25, 0.3) is 0 Å². The summed E-state index contributed by atoms with van der Waals surface area (Å²) < 4.78 is 77.6. The smallest absolute Gasteiger partial charge is 0.387 e. The standard InChI is InChI=1S/C9H4BrF6NO2/c10-1-5-4(3-18)2-17-7(19-9(14,15)16)6(5)8(11,12)13/h2-3H,1H2. The summed E-state index contributed by atoms with van der Waals surface area (Å²) >= 11 is 2.68. The highest BCUT2D eigenvalue weighted by atomic mass is 79.9. The maximum absolute atomic E-state index is 12.8. The summed E-state index contributed by atoms with van der Waals surface area (Å²) in [5, 5.41) is -0.480. The topological polar surface area (TPSA) is 39.2 Å². The Hall–Kier alpha value is -1.32. The maximum atomic E-state index is 12.8. The number of hydrogen-bond donors (Lipinski definition) is 0. The SMILES string of the molecule is O=Cc1cnc(OC(F)(F)F)c(C(F)(F)F)c1CBr. The minimum Gasteiger partial charge on any atom is -0.387 e. The van der Waals surface area contributed by atoms with Crippen LogP contribution in [0.15, 0.2) is 6.20 Å². The minimum absolute atomic E-state index is 0.0657. The van der Waals surface area contributed by atoms with E-state index in [2.05, 4.69) is 25.7 Å². The minimum atomic E-state index is -5.32. The van der Waals surface area contributed by atoms with E-state index in [1.165, 1.54) is 0 Å². The van der Waals surface area contributed by atoms with Gasteiger partial charge in [-0.2, -0.15) is 13.2 Å². The lowest BCUT2D eigenvalue weighted by Crippen LogP contribution is -2.22. The van der Waals surface area contributed by atoms with Crippen LogP contribution in [-0.4, -0.2) is 17.6 Å². The second-order valence-corrected chi connectivity index (χ2v) is 3.73. The van der Waals surface area contributed by atoms with Crippen molar-refractivity contribution >= 4 is 22.2 Å². The molecule has 1 aromatic heterocycles. The van der Waals surface area contributed by atoms with Gasteiger partial charge in [0, 0.05) is 17.1 Å². The highest BCUT2D eigenvalue weighted by molar-refractivity contribution is 9.08. The van der Waals surface area contributed by atoms with E-state index in [1.807, 2.05) is 0 Å². The van der Waals surface area contributed by atoms with E-state index < -0.39 is 40.4 Å². The lowest BCUT2D eigenvalue weighted by molar-refractivity contribution is -0.277. The van der Waals surface area contributed by atoms with Crippen LogP contribution in [0.4, 0.5) is 26.3 Å². The third-order valence-electron chi connectivity index (χ3n) is 1.94. The van der Waals surface area contributed by atoms with Crippen molar-refractivity contribution in [2.75, 3.05) is 0 Å². The van der Waals surface area contributed by atoms with Gasteiger partial charge in [0.15, 0.2) is 6.29 Å². The predicted molar refractivity (Wildman–Crippen MR) is 53.9 cm³/mol. The summed E-state index contributed by atoms with van der Waals surface area (Å²) in [6.07, 6.45) is -9.81. The van der Waals surface area contributed by atoms with Crippen LogP contribution in [0, 0.1) is 0 Å². The van der Waals surface area contributed by atoms with Gasteiger partial charge >= 0.3 is 12.5 Å².